The van der Waals surface area contributed by atoms with Crippen molar-refractivity contribution in [1.82, 2.24) is 0 Å². The van der Waals surface area contributed by atoms with Crippen LogP contribution in [0.15, 0.2) is 0 Å². The maximum Gasteiger partial charge on any atom is 0.305 e. The number of rotatable bonds is 17. The lowest BCUT2D eigenvalue weighted by Gasteiger charge is -2.23. The van der Waals surface area contributed by atoms with Gasteiger partial charge >= 0.3 is 5.97 Å². The zero-order valence-electron chi connectivity index (χ0n) is 17.5. The fourth-order valence-corrected chi connectivity index (χ4v) is 2.79. The number of hydrogen-bond donors (Lipinski definition) is 0. The SMILES string of the molecule is CCCCCCCCCCCCCCCC(=O)OCC[N+](C)(C)C.Cl. The Balaban J connectivity index is 0. The molecule has 0 heterocycles. The normalized spacial score (nSPS) is 11.2. The van der Waals surface area contributed by atoms with E-state index >= 15 is 0 Å². The van der Waals surface area contributed by atoms with E-state index in [4.69, 9.17) is 4.74 Å². The molecule has 0 radical (unpaired) electrons. The van der Waals surface area contributed by atoms with Gasteiger partial charge < -0.3 is 9.22 Å². The summed E-state index contributed by atoms with van der Waals surface area (Å²) >= 11 is 0. The molecule has 0 aromatic heterocycles. The second kappa shape index (κ2) is 18.5. The minimum atomic E-state index is -0.0217. The number of carbonyl (C=O) groups is 1. The minimum absolute atomic E-state index is 0. The smallest absolute Gasteiger partial charge is 0.305 e. The predicted molar refractivity (Wildman–Crippen MR) is 111 cm³/mol. The first-order chi connectivity index (χ1) is 11.5. The summed E-state index contributed by atoms with van der Waals surface area (Å²) < 4.78 is 6.11. The Morgan fingerprint density at radius 2 is 1.12 bits per heavy atom. The number of hydrogen-bond acceptors (Lipinski definition) is 2. The van der Waals surface area contributed by atoms with Crippen molar-refractivity contribution in [3.8, 4) is 0 Å². The summed E-state index contributed by atoms with van der Waals surface area (Å²) in [5.41, 5.74) is 0. The second-order valence-electron chi connectivity index (χ2n) is 8.23. The molecule has 0 aromatic rings. The molecule has 0 saturated heterocycles. The van der Waals surface area contributed by atoms with Gasteiger partial charge in [-0.05, 0) is 6.42 Å². The van der Waals surface area contributed by atoms with E-state index in [-0.39, 0.29) is 18.4 Å². The van der Waals surface area contributed by atoms with Crippen molar-refractivity contribution in [2.24, 2.45) is 0 Å². The third kappa shape index (κ3) is 23.7. The van der Waals surface area contributed by atoms with Crippen molar-refractivity contribution in [3.05, 3.63) is 0 Å². The first kappa shape index (κ1) is 26.9. The Labute approximate surface area is 163 Å². The van der Waals surface area contributed by atoms with Crippen LogP contribution >= 0.6 is 12.4 Å². The topological polar surface area (TPSA) is 26.3 Å². The molecule has 152 valence electrons. The molecule has 0 atom stereocenters. The van der Waals surface area contributed by atoms with Crippen LogP contribution in [-0.4, -0.2) is 44.7 Å². The van der Waals surface area contributed by atoms with Crippen LogP contribution in [0.3, 0.4) is 0 Å². The van der Waals surface area contributed by atoms with Crippen molar-refractivity contribution in [3.63, 3.8) is 0 Å². The minimum Gasteiger partial charge on any atom is -0.460 e. The molecule has 0 aliphatic rings. The van der Waals surface area contributed by atoms with Gasteiger partial charge in [0, 0.05) is 6.42 Å². The second-order valence-corrected chi connectivity index (χ2v) is 8.23. The predicted octanol–water partition coefficient (Wildman–Crippen LogP) is 6.14. The standard InChI is InChI=1S/C21H44NO2.ClH/c1-5-6-7-8-9-10-11-12-13-14-15-16-17-18-21(23)24-20-19-22(2,3)4;/h5-20H2,1-4H3;1H/q+1;. The molecule has 25 heavy (non-hydrogen) atoms. The average Bonchev–Trinajstić information content (AvgIpc) is 2.50. The van der Waals surface area contributed by atoms with E-state index in [9.17, 15) is 4.79 Å². The molecule has 4 heteroatoms. The summed E-state index contributed by atoms with van der Waals surface area (Å²) in [5, 5.41) is 0. The van der Waals surface area contributed by atoms with Crippen LogP contribution in [0.25, 0.3) is 0 Å². The molecule has 3 nitrogen and oxygen atoms in total. The first-order valence-corrected chi connectivity index (χ1v) is 10.4. The van der Waals surface area contributed by atoms with E-state index in [1.54, 1.807) is 0 Å². The molecule has 0 fully saturated rings. The maximum absolute atomic E-state index is 11.6. The van der Waals surface area contributed by atoms with Crippen LogP contribution < -0.4 is 0 Å². The van der Waals surface area contributed by atoms with Crippen LogP contribution in [0.5, 0.6) is 0 Å². The Kier molecular flexibility index (Phi) is 19.9. The van der Waals surface area contributed by atoms with Crippen LogP contribution in [0.2, 0.25) is 0 Å². The van der Waals surface area contributed by atoms with Crippen molar-refractivity contribution in [2.45, 2.75) is 96.8 Å². The number of carbonyl (C=O) groups excluding carboxylic acids is 1. The van der Waals surface area contributed by atoms with E-state index in [1.807, 2.05) is 0 Å². The van der Waals surface area contributed by atoms with Gasteiger partial charge in [0.15, 0.2) is 0 Å². The lowest BCUT2D eigenvalue weighted by Crippen LogP contribution is -2.37. The van der Waals surface area contributed by atoms with E-state index in [2.05, 4.69) is 28.1 Å². The van der Waals surface area contributed by atoms with Gasteiger partial charge in [0.25, 0.3) is 0 Å². The zero-order valence-corrected chi connectivity index (χ0v) is 18.3. The van der Waals surface area contributed by atoms with Crippen LogP contribution in [0.1, 0.15) is 96.8 Å². The van der Waals surface area contributed by atoms with Crippen LogP contribution in [0, 0.1) is 0 Å². The number of ether oxygens (including phenoxy) is 1. The Morgan fingerprint density at radius 3 is 1.52 bits per heavy atom. The first-order valence-electron chi connectivity index (χ1n) is 10.4. The number of esters is 1. The Bertz CT molecular complexity index is 290. The quantitative estimate of drug-likeness (QED) is 0.172. The molecule has 0 N–H and O–H groups in total. The fraction of sp³-hybridized carbons (Fsp3) is 0.952. The third-order valence-electron chi connectivity index (χ3n) is 4.51. The molecular weight excluding hydrogens is 334 g/mol. The lowest BCUT2D eigenvalue weighted by atomic mass is 10.0. The van der Waals surface area contributed by atoms with Gasteiger partial charge in [0.1, 0.15) is 13.2 Å². The van der Waals surface area contributed by atoms with Gasteiger partial charge in [-0.3, -0.25) is 4.79 Å². The monoisotopic (exact) mass is 378 g/mol. The highest BCUT2D eigenvalue weighted by Gasteiger charge is 2.09. The summed E-state index contributed by atoms with van der Waals surface area (Å²) in [6, 6.07) is 0. The summed E-state index contributed by atoms with van der Waals surface area (Å²) in [7, 11) is 6.33. The number of halogens is 1. The van der Waals surface area contributed by atoms with Gasteiger partial charge in [0.2, 0.25) is 0 Å². The number of unbranched alkanes of at least 4 members (excludes halogenated alkanes) is 12. The largest absolute Gasteiger partial charge is 0.460 e. The van der Waals surface area contributed by atoms with Crippen LogP contribution in [-0.2, 0) is 9.53 Å². The van der Waals surface area contributed by atoms with Gasteiger partial charge in [-0.15, -0.1) is 12.4 Å². The molecule has 0 spiro atoms. The maximum atomic E-state index is 11.6. The number of quaternary nitrogens is 1. The van der Waals surface area contributed by atoms with Crippen molar-refractivity contribution < 1.29 is 14.0 Å². The molecule has 0 bridgehead atoms. The third-order valence-corrected chi connectivity index (χ3v) is 4.51. The van der Waals surface area contributed by atoms with Crippen LogP contribution in [0.4, 0.5) is 0 Å². The summed E-state index contributed by atoms with van der Waals surface area (Å²) in [6.45, 7) is 3.69. The highest BCUT2D eigenvalue weighted by molar-refractivity contribution is 5.85. The van der Waals surface area contributed by atoms with E-state index < -0.39 is 0 Å². The summed E-state index contributed by atoms with van der Waals surface area (Å²) in [5.74, 6) is -0.0217. The fourth-order valence-electron chi connectivity index (χ4n) is 2.79. The molecule has 0 saturated carbocycles. The number of likely N-dealkylation sites (N-methyl/N-ethyl adjacent to an activating group) is 1. The van der Waals surface area contributed by atoms with Crippen molar-refractivity contribution >= 4 is 18.4 Å². The van der Waals surface area contributed by atoms with E-state index in [0.717, 1.165) is 17.4 Å². The molecule has 0 aliphatic carbocycles. The summed E-state index contributed by atoms with van der Waals surface area (Å²) in [4.78, 5) is 11.6. The summed E-state index contributed by atoms with van der Waals surface area (Å²) in [6.07, 6.45) is 17.9. The van der Waals surface area contributed by atoms with Gasteiger partial charge in [0.05, 0.1) is 21.1 Å². The molecule has 0 unspecified atom stereocenters. The molecule has 0 amide bonds. The van der Waals surface area contributed by atoms with E-state index in [0.29, 0.717) is 13.0 Å². The highest BCUT2D eigenvalue weighted by atomic mass is 35.5. The van der Waals surface area contributed by atoms with Gasteiger partial charge in [-0.2, -0.15) is 0 Å². The molecule has 0 aliphatic heterocycles. The molecule has 0 rings (SSSR count). The lowest BCUT2D eigenvalue weighted by molar-refractivity contribution is -0.870. The van der Waals surface area contributed by atoms with Gasteiger partial charge in [-0.1, -0.05) is 84.0 Å². The van der Waals surface area contributed by atoms with Crippen molar-refractivity contribution in [1.29, 1.82) is 0 Å². The molecular formula is C21H45ClNO2+. The van der Waals surface area contributed by atoms with Crippen molar-refractivity contribution in [2.75, 3.05) is 34.3 Å². The number of nitrogens with zero attached hydrogens (tertiary/aromatic N) is 1. The highest BCUT2D eigenvalue weighted by Crippen LogP contribution is 2.13. The van der Waals surface area contributed by atoms with Gasteiger partial charge in [-0.25, -0.2) is 0 Å². The zero-order chi connectivity index (χ0) is 18.1. The Morgan fingerprint density at radius 1 is 0.720 bits per heavy atom. The molecule has 0 aromatic carbocycles. The average molecular weight is 379 g/mol. The van der Waals surface area contributed by atoms with E-state index in [1.165, 1.54) is 77.0 Å². The Hall–Kier alpha value is -0.280.